The highest BCUT2D eigenvalue weighted by Crippen LogP contribution is 2.14. The number of carbonyl (C=O) groups is 1. The Morgan fingerprint density at radius 3 is 2.46 bits per heavy atom. The third kappa shape index (κ3) is 4.23. The van der Waals surface area contributed by atoms with Gasteiger partial charge in [0.2, 0.25) is 0 Å². The molecule has 1 aliphatic heterocycles. The highest BCUT2D eigenvalue weighted by molar-refractivity contribution is 5.87. The second-order valence-electron chi connectivity index (χ2n) is 5.69. The van der Waals surface area contributed by atoms with Crippen molar-refractivity contribution in [1.82, 2.24) is 9.88 Å². The second-order valence-corrected chi connectivity index (χ2v) is 5.69. The van der Waals surface area contributed by atoms with Crippen molar-refractivity contribution in [2.24, 2.45) is 0 Å². The van der Waals surface area contributed by atoms with Crippen LogP contribution in [0, 0.1) is 0 Å². The zero-order chi connectivity index (χ0) is 16.8. The SMILES string of the molecule is O=C(O)c1ccc(OCCN2CCN(c3ccccn3)CC2)cc1. The predicted octanol–water partition coefficient (Wildman–Crippen LogP) is 1.98. The molecule has 3 rings (SSSR count). The first-order valence-electron chi connectivity index (χ1n) is 8.07. The van der Waals surface area contributed by atoms with Crippen LogP contribution in [0.15, 0.2) is 48.7 Å². The Balaban J connectivity index is 1.40. The molecule has 0 aliphatic carbocycles. The van der Waals surface area contributed by atoms with Crippen LogP contribution < -0.4 is 9.64 Å². The van der Waals surface area contributed by atoms with Crippen LogP contribution in [-0.4, -0.2) is 60.3 Å². The highest BCUT2D eigenvalue weighted by atomic mass is 16.5. The summed E-state index contributed by atoms with van der Waals surface area (Å²) in [6.07, 6.45) is 1.82. The van der Waals surface area contributed by atoms with Crippen LogP contribution in [0.3, 0.4) is 0 Å². The van der Waals surface area contributed by atoms with E-state index >= 15 is 0 Å². The number of hydrogen-bond donors (Lipinski definition) is 1. The summed E-state index contributed by atoms with van der Waals surface area (Å²) in [5, 5.41) is 8.87. The molecule has 1 aromatic carbocycles. The number of carboxylic acid groups (broad SMARTS) is 1. The van der Waals surface area contributed by atoms with Crippen LogP contribution in [-0.2, 0) is 0 Å². The van der Waals surface area contributed by atoms with E-state index in [1.165, 1.54) is 0 Å². The van der Waals surface area contributed by atoms with E-state index in [1.54, 1.807) is 24.3 Å². The molecular weight excluding hydrogens is 306 g/mol. The minimum Gasteiger partial charge on any atom is -0.492 e. The van der Waals surface area contributed by atoms with Crippen LogP contribution >= 0.6 is 0 Å². The van der Waals surface area contributed by atoms with Gasteiger partial charge in [-0.25, -0.2) is 9.78 Å². The number of aromatic carboxylic acids is 1. The fourth-order valence-electron chi connectivity index (χ4n) is 2.73. The fraction of sp³-hybridized carbons (Fsp3) is 0.333. The maximum absolute atomic E-state index is 10.8. The van der Waals surface area contributed by atoms with Crippen LogP contribution in [0.1, 0.15) is 10.4 Å². The lowest BCUT2D eigenvalue weighted by Gasteiger charge is -2.35. The van der Waals surface area contributed by atoms with Gasteiger partial charge in [-0.2, -0.15) is 0 Å². The summed E-state index contributed by atoms with van der Waals surface area (Å²) in [6.45, 7) is 5.34. The Morgan fingerprint density at radius 1 is 1.08 bits per heavy atom. The summed E-state index contributed by atoms with van der Waals surface area (Å²) in [5.41, 5.74) is 0.271. The zero-order valence-corrected chi connectivity index (χ0v) is 13.5. The van der Waals surface area contributed by atoms with Gasteiger partial charge in [0.05, 0.1) is 5.56 Å². The predicted molar refractivity (Wildman–Crippen MR) is 91.8 cm³/mol. The van der Waals surface area contributed by atoms with Gasteiger partial charge in [-0.05, 0) is 36.4 Å². The number of rotatable bonds is 6. The lowest BCUT2D eigenvalue weighted by molar-refractivity contribution is 0.0697. The number of pyridine rings is 1. The molecule has 0 saturated carbocycles. The van der Waals surface area contributed by atoms with Gasteiger partial charge in [-0.1, -0.05) is 6.07 Å². The van der Waals surface area contributed by atoms with Crippen LogP contribution in [0.2, 0.25) is 0 Å². The quantitative estimate of drug-likeness (QED) is 0.875. The topological polar surface area (TPSA) is 65.9 Å². The molecule has 1 saturated heterocycles. The van der Waals surface area contributed by atoms with Crippen LogP contribution in [0.5, 0.6) is 5.75 Å². The summed E-state index contributed by atoms with van der Waals surface area (Å²) in [6, 6.07) is 12.5. The largest absolute Gasteiger partial charge is 0.492 e. The molecule has 1 fully saturated rings. The van der Waals surface area contributed by atoms with E-state index < -0.39 is 5.97 Å². The van der Waals surface area contributed by atoms with Crippen molar-refractivity contribution in [3.05, 3.63) is 54.2 Å². The van der Waals surface area contributed by atoms with E-state index in [2.05, 4.69) is 14.8 Å². The molecule has 0 radical (unpaired) electrons. The number of carboxylic acids is 1. The van der Waals surface area contributed by atoms with Crippen molar-refractivity contribution in [2.45, 2.75) is 0 Å². The Hall–Kier alpha value is -2.60. The number of benzene rings is 1. The Kier molecular flexibility index (Phi) is 5.28. The molecular formula is C18H21N3O3. The molecule has 126 valence electrons. The minimum atomic E-state index is -0.924. The number of hydrogen-bond acceptors (Lipinski definition) is 5. The smallest absolute Gasteiger partial charge is 0.335 e. The van der Waals surface area contributed by atoms with E-state index in [4.69, 9.17) is 9.84 Å². The van der Waals surface area contributed by atoms with Crippen molar-refractivity contribution >= 4 is 11.8 Å². The van der Waals surface area contributed by atoms with Crippen molar-refractivity contribution in [3.8, 4) is 5.75 Å². The Bertz CT molecular complexity index is 653. The molecule has 2 heterocycles. The maximum Gasteiger partial charge on any atom is 0.335 e. The summed E-state index contributed by atoms with van der Waals surface area (Å²) >= 11 is 0. The molecule has 0 atom stereocenters. The van der Waals surface area contributed by atoms with Crippen molar-refractivity contribution in [1.29, 1.82) is 0 Å². The average molecular weight is 327 g/mol. The molecule has 2 aromatic rings. The van der Waals surface area contributed by atoms with Gasteiger partial charge in [-0.15, -0.1) is 0 Å². The van der Waals surface area contributed by atoms with E-state index in [9.17, 15) is 4.79 Å². The molecule has 0 bridgehead atoms. The van der Waals surface area contributed by atoms with Gasteiger partial charge in [0, 0.05) is 38.9 Å². The first-order chi connectivity index (χ1) is 11.7. The first kappa shape index (κ1) is 16.3. The molecule has 1 aromatic heterocycles. The van der Waals surface area contributed by atoms with Gasteiger partial charge in [0.25, 0.3) is 0 Å². The molecule has 0 spiro atoms. The monoisotopic (exact) mass is 327 g/mol. The Morgan fingerprint density at radius 2 is 1.83 bits per heavy atom. The molecule has 24 heavy (non-hydrogen) atoms. The van der Waals surface area contributed by atoms with Gasteiger partial charge < -0.3 is 14.7 Å². The number of ether oxygens (including phenoxy) is 1. The normalized spacial score (nSPS) is 15.2. The third-order valence-electron chi connectivity index (χ3n) is 4.12. The molecule has 6 nitrogen and oxygen atoms in total. The van der Waals surface area contributed by atoms with Gasteiger partial charge in [0.1, 0.15) is 18.2 Å². The van der Waals surface area contributed by atoms with Gasteiger partial charge in [0.15, 0.2) is 0 Å². The number of aromatic nitrogens is 1. The third-order valence-corrected chi connectivity index (χ3v) is 4.12. The van der Waals surface area contributed by atoms with Gasteiger partial charge in [-0.3, -0.25) is 4.90 Å². The molecule has 1 N–H and O–H groups in total. The molecule has 1 aliphatic rings. The number of nitrogens with zero attached hydrogens (tertiary/aromatic N) is 3. The molecule has 0 amide bonds. The van der Waals surface area contributed by atoms with Crippen molar-refractivity contribution in [2.75, 3.05) is 44.2 Å². The Labute approximate surface area is 141 Å². The van der Waals surface area contributed by atoms with E-state index in [0.717, 1.165) is 38.5 Å². The van der Waals surface area contributed by atoms with E-state index in [0.29, 0.717) is 12.4 Å². The van der Waals surface area contributed by atoms with Crippen molar-refractivity contribution in [3.63, 3.8) is 0 Å². The molecule has 0 unspecified atom stereocenters. The fourth-order valence-corrected chi connectivity index (χ4v) is 2.73. The standard InChI is InChI=1S/C18H21N3O3/c22-18(23)15-4-6-16(7-5-15)24-14-13-20-9-11-21(12-10-20)17-3-1-2-8-19-17/h1-8H,9-14H2,(H,22,23). The summed E-state index contributed by atoms with van der Waals surface area (Å²) in [7, 11) is 0. The van der Waals surface area contributed by atoms with E-state index in [1.807, 2.05) is 24.4 Å². The van der Waals surface area contributed by atoms with Gasteiger partial charge >= 0.3 is 5.97 Å². The lowest BCUT2D eigenvalue weighted by Crippen LogP contribution is -2.47. The van der Waals surface area contributed by atoms with Crippen LogP contribution in [0.4, 0.5) is 5.82 Å². The van der Waals surface area contributed by atoms with E-state index in [-0.39, 0.29) is 5.56 Å². The average Bonchev–Trinajstić information content (AvgIpc) is 2.63. The lowest BCUT2D eigenvalue weighted by atomic mass is 10.2. The maximum atomic E-state index is 10.8. The highest BCUT2D eigenvalue weighted by Gasteiger charge is 2.17. The summed E-state index contributed by atoms with van der Waals surface area (Å²) in [5.74, 6) is 0.811. The van der Waals surface area contributed by atoms with Crippen molar-refractivity contribution < 1.29 is 14.6 Å². The number of piperazine rings is 1. The summed E-state index contributed by atoms with van der Waals surface area (Å²) < 4.78 is 5.69. The number of anilines is 1. The molecule has 6 heteroatoms. The summed E-state index contributed by atoms with van der Waals surface area (Å²) in [4.78, 5) is 19.9. The minimum absolute atomic E-state index is 0.271. The second kappa shape index (κ2) is 7.79. The zero-order valence-electron chi connectivity index (χ0n) is 13.5. The first-order valence-corrected chi connectivity index (χ1v) is 8.07. The van der Waals surface area contributed by atoms with Crippen LogP contribution in [0.25, 0.3) is 0 Å².